The maximum absolute atomic E-state index is 13.3. The van der Waals surface area contributed by atoms with Gasteiger partial charge in [-0.2, -0.15) is 0 Å². The topological polar surface area (TPSA) is 20.3 Å². The maximum atomic E-state index is 13.3. The molecule has 0 spiro atoms. The SMILES string of the molecule is C[C@H]1c2ccccc2[C@]2(c3ccccc3)c3ccccc3C(=O)N12. The van der Waals surface area contributed by atoms with Crippen molar-refractivity contribution in [2.75, 3.05) is 0 Å². The first-order valence-corrected chi connectivity index (χ1v) is 8.34. The van der Waals surface area contributed by atoms with Gasteiger partial charge in [0, 0.05) is 5.56 Å². The lowest BCUT2D eigenvalue weighted by Gasteiger charge is -2.36. The van der Waals surface area contributed by atoms with E-state index in [4.69, 9.17) is 0 Å². The molecule has 3 aromatic rings. The monoisotopic (exact) mass is 311 g/mol. The summed E-state index contributed by atoms with van der Waals surface area (Å²) in [4.78, 5) is 15.3. The molecular weight excluding hydrogens is 294 g/mol. The van der Waals surface area contributed by atoms with E-state index in [1.165, 1.54) is 11.1 Å². The summed E-state index contributed by atoms with van der Waals surface area (Å²) in [6.07, 6.45) is 0. The number of rotatable bonds is 1. The van der Waals surface area contributed by atoms with Gasteiger partial charge in [-0.25, -0.2) is 0 Å². The number of hydrogen-bond donors (Lipinski definition) is 0. The third kappa shape index (κ3) is 1.40. The number of carbonyl (C=O) groups is 1. The molecule has 2 aliphatic rings. The summed E-state index contributed by atoms with van der Waals surface area (Å²) in [5, 5.41) is 0. The largest absolute Gasteiger partial charge is 0.314 e. The lowest BCUT2D eigenvalue weighted by Crippen LogP contribution is -2.41. The van der Waals surface area contributed by atoms with Gasteiger partial charge in [-0.15, -0.1) is 0 Å². The first kappa shape index (κ1) is 13.6. The normalized spacial score (nSPS) is 23.8. The van der Waals surface area contributed by atoms with Gasteiger partial charge in [0.15, 0.2) is 0 Å². The molecule has 2 heterocycles. The van der Waals surface area contributed by atoms with Gasteiger partial charge in [0.25, 0.3) is 5.91 Å². The molecule has 2 atom stereocenters. The standard InChI is InChI=1S/C22H17NO/c1-15-17-11-5-7-13-19(17)22(16-9-3-2-4-10-16)20-14-8-6-12-18(20)21(24)23(15)22/h2-15H,1H3/t15-,22+/m0/s1. The first-order chi connectivity index (χ1) is 11.8. The molecule has 0 saturated carbocycles. The van der Waals surface area contributed by atoms with Crippen molar-refractivity contribution < 1.29 is 4.79 Å². The molecule has 5 rings (SSSR count). The van der Waals surface area contributed by atoms with Crippen LogP contribution in [0.3, 0.4) is 0 Å². The predicted molar refractivity (Wildman–Crippen MR) is 93.8 cm³/mol. The van der Waals surface area contributed by atoms with Crippen molar-refractivity contribution in [3.63, 3.8) is 0 Å². The summed E-state index contributed by atoms with van der Waals surface area (Å²) in [5.74, 6) is 0.123. The van der Waals surface area contributed by atoms with Crippen molar-refractivity contribution >= 4 is 5.91 Å². The van der Waals surface area contributed by atoms with E-state index >= 15 is 0 Å². The number of carbonyl (C=O) groups excluding carboxylic acids is 1. The Morgan fingerprint density at radius 1 is 0.792 bits per heavy atom. The molecule has 0 aromatic heterocycles. The Balaban J connectivity index is 1.96. The maximum Gasteiger partial charge on any atom is 0.256 e. The molecular formula is C22H17NO. The summed E-state index contributed by atoms with van der Waals surface area (Å²) in [5.41, 5.74) is 5.03. The highest BCUT2D eigenvalue weighted by atomic mass is 16.2. The average Bonchev–Trinajstić information content (AvgIpc) is 3.07. The highest BCUT2D eigenvalue weighted by Gasteiger charge is 2.58. The molecule has 0 unspecified atom stereocenters. The van der Waals surface area contributed by atoms with E-state index < -0.39 is 5.54 Å². The molecule has 2 heteroatoms. The van der Waals surface area contributed by atoms with E-state index in [1.807, 2.05) is 24.3 Å². The van der Waals surface area contributed by atoms with E-state index in [0.717, 1.165) is 16.7 Å². The fraction of sp³-hybridized carbons (Fsp3) is 0.136. The smallest absolute Gasteiger partial charge is 0.256 e. The minimum atomic E-state index is -0.509. The minimum Gasteiger partial charge on any atom is -0.314 e. The van der Waals surface area contributed by atoms with Gasteiger partial charge in [0.2, 0.25) is 0 Å². The van der Waals surface area contributed by atoms with Crippen LogP contribution in [0.25, 0.3) is 0 Å². The van der Waals surface area contributed by atoms with E-state index in [-0.39, 0.29) is 11.9 Å². The summed E-state index contributed by atoms with van der Waals surface area (Å²) in [7, 11) is 0. The molecule has 0 saturated heterocycles. The van der Waals surface area contributed by atoms with Crippen LogP contribution >= 0.6 is 0 Å². The zero-order chi connectivity index (χ0) is 16.3. The fourth-order valence-electron chi connectivity index (χ4n) is 4.60. The number of amides is 1. The van der Waals surface area contributed by atoms with Gasteiger partial charge in [-0.3, -0.25) is 4.79 Å². The lowest BCUT2D eigenvalue weighted by atomic mass is 9.78. The van der Waals surface area contributed by atoms with Crippen LogP contribution in [-0.2, 0) is 5.54 Å². The molecule has 0 bridgehead atoms. The summed E-state index contributed by atoms with van der Waals surface area (Å²) in [6.45, 7) is 2.13. The van der Waals surface area contributed by atoms with Crippen molar-refractivity contribution in [2.24, 2.45) is 0 Å². The third-order valence-corrected chi connectivity index (χ3v) is 5.51. The molecule has 24 heavy (non-hydrogen) atoms. The van der Waals surface area contributed by atoms with Crippen LogP contribution in [0.1, 0.15) is 45.6 Å². The third-order valence-electron chi connectivity index (χ3n) is 5.51. The zero-order valence-electron chi connectivity index (χ0n) is 13.4. The highest BCUT2D eigenvalue weighted by Crippen LogP contribution is 2.58. The number of nitrogens with zero attached hydrogens (tertiary/aromatic N) is 1. The van der Waals surface area contributed by atoms with Gasteiger partial charge in [0.1, 0.15) is 5.54 Å². The van der Waals surface area contributed by atoms with E-state index in [9.17, 15) is 4.79 Å². The van der Waals surface area contributed by atoms with E-state index in [0.29, 0.717) is 0 Å². The molecule has 0 N–H and O–H groups in total. The van der Waals surface area contributed by atoms with Crippen LogP contribution in [0.4, 0.5) is 0 Å². The second-order valence-corrected chi connectivity index (χ2v) is 6.56. The van der Waals surface area contributed by atoms with Crippen molar-refractivity contribution in [3.05, 3.63) is 107 Å². The van der Waals surface area contributed by atoms with Crippen LogP contribution in [0.15, 0.2) is 78.9 Å². The molecule has 1 amide bonds. The van der Waals surface area contributed by atoms with Crippen LogP contribution < -0.4 is 0 Å². The van der Waals surface area contributed by atoms with Gasteiger partial charge in [0.05, 0.1) is 6.04 Å². The Bertz CT molecular complexity index is 962. The molecule has 2 nitrogen and oxygen atoms in total. The van der Waals surface area contributed by atoms with Crippen molar-refractivity contribution in [1.82, 2.24) is 4.90 Å². The fourth-order valence-corrected chi connectivity index (χ4v) is 4.60. The van der Waals surface area contributed by atoms with Gasteiger partial charge < -0.3 is 4.90 Å². The summed E-state index contributed by atoms with van der Waals surface area (Å²) in [6, 6.07) is 27.0. The summed E-state index contributed by atoms with van der Waals surface area (Å²) >= 11 is 0. The van der Waals surface area contributed by atoms with Gasteiger partial charge in [-0.1, -0.05) is 72.8 Å². The van der Waals surface area contributed by atoms with Crippen LogP contribution in [0, 0.1) is 0 Å². The molecule has 2 aliphatic heterocycles. The van der Waals surface area contributed by atoms with Crippen LogP contribution in [0.2, 0.25) is 0 Å². The molecule has 3 aromatic carbocycles. The average molecular weight is 311 g/mol. The van der Waals surface area contributed by atoms with Crippen LogP contribution in [0.5, 0.6) is 0 Å². The van der Waals surface area contributed by atoms with Crippen molar-refractivity contribution in [1.29, 1.82) is 0 Å². The molecule has 0 fully saturated rings. The van der Waals surface area contributed by atoms with E-state index in [1.54, 1.807) is 0 Å². The number of fused-ring (bicyclic) bond motifs is 5. The Hall–Kier alpha value is -2.87. The lowest BCUT2D eigenvalue weighted by molar-refractivity contribution is 0.0633. The Morgan fingerprint density at radius 2 is 1.42 bits per heavy atom. The zero-order valence-corrected chi connectivity index (χ0v) is 13.4. The van der Waals surface area contributed by atoms with Gasteiger partial charge >= 0.3 is 0 Å². The van der Waals surface area contributed by atoms with Gasteiger partial charge in [-0.05, 0) is 35.2 Å². The molecule has 0 radical (unpaired) electrons. The van der Waals surface area contributed by atoms with Crippen LogP contribution in [-0.4, -0.2) is 10.8 Å². The Morgan fingerprint density at radius 3 is 2.21 bits per heavy atom. The second-order valence-electron chi connectivity index (χ2n) is 6.56. The van der Waals surface area contributed by atoms with Crippen molar-refractivity contribution in [3.8, 4) is 0 Å². The minimum absolute atomic E-state index is 0.0568. The second kappa shape index (κ2) is 4.57. The Kier molecular flexibility index (Phi) is 2.58. The van der Waals surface area contributed by atoms with E-state index in [2.05, 4.69) is 66.4 Å². The molecule has 116 valence electrons. The number of hydrogen-bond acceptors (Lipinski definition) is 1. The Labute approximate surface area is 141 Å². The highest BCUT2D eigenvalue weighted by molar-refractivity contribution is 6.03. The quantitative estimate of drug-likeness (QED) is 0.647. The van der Waals surface area contributed by atoms with Crippen molar-refractivity contribution in [2.45, 2.75) is 18.5 Å². The number of benzene rings is 3. The first-order valence-electron chi connectivity index (χ1n) is 8.34. The predicted octanol–water partition coefficient (Wildman–Crippen LogP) is 4.51. The summed E-state index contributed by atoms with van der Waals surface area (Å²) < 4.78 is 0. The molecule has 0 aliphatic carbocycles.